The van der Waals surface area contributed by atoms with Crippen molar-refractivity contribution >= 4 is 19.4 Å². The molecule has 1 aliphatic rings. The van der Waals surface area contributed by atoms with Crippen LogP contribution in [0.2, 0.25) is 0 Å². The maximum absolute atomic E-state index is 5.89. The second-order valence-corrected chi connectivity index (χ2v) is 8.03. The average Bonchev–Trinajstić information content (AvgIpc) is 1.84. The molecule has 0 aromatic carbocycles. The molecule has 0 bridgehead atoms. The van der Waals surface area contributed by atoms with Gasteiger partial charge in [-0.2, -0.15) is 0 Å². The monoisotopic (exact) mass is 280 g/mol. The molecule has 1 aliphatic carbocycles. The molecule has 66 valence electrons. The van der Waals surface area contributed by atoms with Crippen molar-refractivity contribution in [3.8, 4) is 0 Å². The summed E-state index contributed by atoms with van der Waals surface area (Å²) in [6.07, 6.45) is 11.1. The van der Waals surface area contributed by atoms with Gasteiger partial charge in [-0.05, 0) is 0 Å². The first kappa shape index (κ1) is 9.77. The van der Waals surface area contributed by atoms with Crippen LogP contribution in [-0.2, 0) is 14.0 Å². The molecule has 0 aromatic heterocycles. The minimum atomic E-state index is -1.45. The van der Waals surface area contributed by atoms with Crippen molar-refractivity contribution < 1.29 is 14.0 Å². The van der Waals surface area contributed by atoms with Gasteiger partial charge >= 0.3 is 81.4 Å². The van der Waals surface area contributed by atoms with Crippen LogP contribution in [0.25, 0.3) is 0 Å². The first-order valence-electron chi connectivity index (χ1n) is 3.62. The molecule has 0 N–H and O–H groups in total. The Morgan fingerprint density at radius 2 is 1.82 bits per heavy atom. The summed E-state index contributed by atoms with van der Waals surface area (Å²) < 4.78 is 1.31. The maximum atomic E-state index is 5.89. The van der Waals surface area contributed by atoms with Crippen LogP contribution in [0, 0.1) is 0 Å². The number of halogens is 2. The van der Waals surface area contributed by atoms with Crippen LogP contribution in [-0.4, -0.2) is 0 Å². The van der Waals surface area contributed by atoms with Crippen LogP contribution in [0.5, 0.6) is 0 Å². The van der Waals surface area contributed by atoms with Gasteiger partial charge in [-0.3, -0.25) is 0 Å². The number of hydrogen-bond donors (Lipinski definition) is 0. The third-order valence-electron chi connectivity index (χ3n) is 1.56. The second kappa shape index (κ2) is 5.35. The van der Waals surface area contributed by atoms with Crippen molar-refractivity contribution in [3.05, 3.63) is 22.4 Å². The predicted molar refractivity (Wildman–Crippen MR) is 47.4 cm³/mol. The van der Waals surface area contributed by atoms with Gasteiger partial charge < -0.3 is 0 Å². The molecule has 11 heavy (non-hydrogen) atoms. The summed E-state index contributed by atoms with van der Waals surface area (Å²) in [6.45, 7) is 0. The van der Waals surface area contributed by atoms with Crippen LogP contribution >= 0.6 is 19.4 Å². The van der Waals surface area contributed by atoms with Crippen molar-refractivity contribution in [2.45, 2.75) is 25.7 Å². The Morgan fingerprint density at radius 1 is 1.09 bits per heavy atom. The summed E-state index contributed by atoms with van der Waals surface area (Å²) in [5.41, 5.74) is 0. The fourth-order valence-electron chi connectivity index (χ4n) is 0.997. The Bertz CT molecular complexity index is 173. The van der Waals surface area contributed by atoms with Gasteiger partial charge in [0.1, 0.15) is 0 Å². The van der Waals surface area contributed by atoms with Crippen molar-refractivity contribution in [1.29, 1.82) is 0 Å². The van der Waals surface area contributed by atoms with Crippen molar-refractivity contribution in [2.75, 3.05) is 0 Å². The third kappa shape index (κ3) is 3.74. The molecule has 0 nitrogen and oxygen atoms in total. The van der Waals surface area contributed by atoms with E-state index < -0.39 is 14.0 Å². The summed E-state index contributed by atoms with van der Waals surface area (Å²) in [5.74, 6) is 0. The van der Waals surface area contributed by atoms with Gasteiger partial charge in [-0.15, -0.1) is 0 Å². The molecule has 0 unspecified atom stereocenters. The summed E-state index contributed by atoms with van der Waals surface area (Å²) in [7, 11) is 11.8. The van der Waals surface area contributed by atoms with E-state index in [1.54, 1.807) is 0 Å². The molecule has 0 fully saturated rings. The summed E-state index contributed by atoms with van der Waals surface area (Å²) in [6, 6.07) is 0. The van der Waals surface area contributed by atoms with Gasteiger partial charge in [0.05, 0.1) is 0 Å². The van der Waals surface area contributed by atoms with Gasteiger partial charge in [0, 0.05) is 0 Å². The van der Waals surface area contributed by atoms with E-state index in [1.807, 2.05) is 0 Å². The Balaban J connectivity index is 2.50. The molecule has 3 heteroatoms. The van der Waals surface area contributed by atoms with Gasteiger partial charge in [0.2, 0.25) is 0 Å². The zero-order valence-electron chi connectivity index (χ0n) is 6.15. The molecule has 0 spiro atoms. The van der Waals surface area contributed by atoms with E-state index in [4.69, 9.17) is 19.4 Å². The van der Waals surface area contributed by atoms with Crippen molar-refractivity contribution in [1.82, 2.24) is 0 Å². The normalized spacial score (nSPS) is 20.2. The molecule has 0 saturated carbocycles. The van der Waals surface area contributed by atoms with E-state index in [9.17, 15) is 0 Å². The molecule has 0 saturated heterocycles. The molecular formula is C8H11Cl2Rh. The van der Waals surface area contributed by atoms with E-state index in [0.717, 1.165) is 25.7 Å². The van der Waals surface area contributed by atoms with E-state index in [2.05, 4.69) is 18.2 Å². The van der Waals surface area contributed by atoms with Crippen LogP contribution in [0.1, 0.15) is 25.7 Å². The number of allylic oxidation sites excluding steroid dienone is 4. The Labute approximate surface area is 81.2 Å². The zero-order chi connectivity index (χ0) is 8.10. The van der Waals surface area contributed by atoms with Crippen LogP contribution in [0.15, 0.2) is 22.4 Å². The minimum absolute atomic E-state index is 1.07. The molecule has 0 aromatic rings. The summed E-state index contributed by atoms with van der Waals surface area (Å²) in [4.78, 5) is 0. The zero-order valence-corrected chi connectivity index (χ0v) is 9.30. The van der Waals surface area contributed by atoms with Gasteiger partial charge in [-0.1, -0.05) is 0 Å². The first-order chi connectivity index (χ1) is 5.30. The molecule has 0 heterocycles. The molecule has 1 rings (SSSR count). The molecule has 0 radical (unpaired) electrons. The Morgan fingerprint density at radius 3 is 2.55 bits per heavy atom. The Kier molecular flexibility index (Phi) is 4.75. The SMILES string of the molecule is [Cl][Rh]([Cl])[C]1=CCCC=CCC1. The second-order valence-electron chi connectivity index (χ2n) is 2.38. The van der Waals surface area contributed by atoms with Gasteiger partial charge in [-0.25, -0.2) is 0 Å². The molecular weight excluding hydrogens is 270 g/mol. The summed E-state index contributed by atoms with van der Waals surface area (Å²) >= 11 is -1.45. The van der Waals surface area contributed by atoms with Gasteiger partial charge in [0.25, 0.3) is 0 Å². The quantitative estimate of drug-likeness (QED) is 0.504. The van der Waals surface area contributed by atoms with E-state index in [1.165, 1.54) is 4.17 Å². The van der Waals surface area contributed by atoms with Crippen LogP contribution in [0.4, 0.5) is 0 Å². The molecule has 0 aliphatic heterocycles. The average molecular weight is 281 g/mol. The Hall–Kier alpha value is 0.683. The molecule has 0 amide bonds. The first-order valence-corrected chi connectivity index (χ1v) is 8.66. The van der Waals surface area contributed by atoms with Crippen LogP contribution < -0.4 is 0 Å². The number of rotatable bonds is 1. The van der Waals surface area contributed by atoms with Gasteiger partial charge in [0.15, 0.2) is 0 Å². The van der Waals surface area contributed by atoms with Crippen molar-refractivity contribution in [2.24, 2.45) is 0 Å². The fourth-order valence-corrected chi connectivity index (χ4v) is 3.39. The molecule has 0 atom stereocenters. The standard InChI is InChI=1S/C8H11.2ClH.Rh/c1-2-4-6-8-7-5-3-1;;;/h1-2,7H,3-6H2;2*1H;/q;;;+2/p-2. The topological polar surface area (TPSA) is 0 Å². The fraction of sp³-hybridized carbons (Fsp3) is 0.500. The van der Waals surface area contributed by atoms with Crippen LogP contribution in [0.3, 0.4) is 0 Å². The summed E-state index contributed by atoms with van der Waals surface area (Å²) in [5, 5.41) is 0. The number of hydrogen-bond acceptors (Lipinski definition) is 0. The van der Waals surface area contributed by atoms with Crippen molar-refractivity contribution in [3.63, 3.8) is 0 Å². The van der Waals surface area contributed by atoms with E-state index in [-0.39, 0.29) is 0 Å². The predicted octanol–water partition coefficient (Wildman–Crippen LogP) is 3.93. The third-order valence-corrected chi connectivity index (χ3v) is 5.01. The van der Waals surface area contributed by atoms with E-state index >= 15 is 0 Å². The van der Waals surface area contributed by atoms with E-state index in [0.29, 0.717) is 0 Å².